The number of fused-ring (bicyclic) bond motifs is 1. The summed E-state index contributed by atoms with van der Waals surface area (Å²) in [5, 5.41) is 21.4. The average molecular weight is 531 g/mol. The van der Waals surface area contributed by atoms with Gasteiger partial charge in [-0.2, -0.15) is 9.97 Å². The minimum Gasteiger partial charge on any atom is -0.493 e. The highest BCUT2D eigenvalue weighted by Crippen LogP contribution is 2.33. The zero-order valence-corrected chi connectivity index (χ0v) is 21.6. The highest BCUT2D eigenvalue weighted by Gasteiger charge is 2.27. The Morgan fingerprint density at radius 3 is 2.66 bits per heavy atom. The van der Waals surface area contributed by atoms with Crippen LogP contribution in [0, 0.1) is 10.8 Å². The van der Waals surface area contributed by atoms with Crippen LogP contribution in [0.3, 0.4) is 0 Å². The number of ether oxygens (including phenoxy) is 2. The lowest BCUT2D eigenvalue weighted by molar-refractivity contribution is 0.0940. The first-order valence-electron chi connectivity index (χ1n) is 11.8. The van der Waals surface area contributed by atoms with Crippen LogP contribution in [0.5, 0.6) is 11.5 Å². The number of rotatable bonds is 9. The number of anilines is 3. The third-order valence-electron chi connectivity index (χ3n) is 6.30. The van der Waals surface area contributed by atoms with Crippen LogP contribution in [0.2, 0.25) is 0 Å². The molecule has 0 bridgehead atoms. The Balaban J connectivity index is 1.33. The number of methoxy groups -OCH3 is 2. The van der Waals surface area contributed by atoms with Crippen molar-refractivity contribution in [3.8, 4) is 11.5 Å². The molecule has 3 heterocycles. The van der Waals surface area contributed by atoms with Crippen molar-refractivity contribution in [2.45, 2.75) is 12.5 Å². The zero-order valence-electron chi connectivity index (χ0n) is 20.8. The van der Waals surface area contributed by atoms with Gasteiger partial charge in [-0.15, -0.1) is 11.3 Å². The van der Waals surface area contributed by atoms with E-state index in [-0.39, 0.29) is 11.9 Å². The summed E-state index contributed by atoms with van der Waals surface area (Å²) < 4.78 is 10.7. The van der Waals surface area contributed by atoms with Crippen LogP contribution in [0.25, 0.3) is 10.3 Å². The van der Waals surface area contributed by atoms with E-state index in [4.69, 9.17) is 30.3 Å². The van der Waals surface area contributed by atoms with Gasteiger partial charge in [-0.1, -0.05) is 6.07 Å². The first kappa shape index (κ1) is 25.1. The Hall–Kier alpha value is -4.58. The van der Waals surface area contributed by atoms with E-state index in [2.05, 4.69) is 15.6 Å². The highest BCUT2D eigenvalue weighted by molar-refractivity contribution is 7.16. The highest BCUT2D eigenvalue weighted by atomic mass is 32.1. The van der Waals surface area contributed by atoms with Crippen LogP contribution in [-0.2, 0) is 0 Å². The van der Waals surface area contributed by atoms with Crippen LogP contribution in [0.1, 0.15) is 27.9 Å². The number of nitrogens with one attached hydrogen (secondary N) is 4. The second-order valence-corrected chi connectivity index (χ2v) is 9.44. The van der Waals surface area contributed by atoms with Gasteiger partial charge >= 0.3 is 0 Å². The second-order valence-electron chi connectivity index (χ2n) is 8.61. The van der Waals surface area contributed by atoms with Gasteiger partial charge in [0, 0.05) is 60.0 Å². The van der Waals surface area contributed by atoms with E-state index in [1.807, 2.05) is 23.1 Å². The molecule has 1 aliphatic rings. The minimum atomic E-state index is -0.217. The van der Waals surface area contributed by atoms with E-state index in [1.54, 1.807) is 37.9 Å². The SMILES string of the molecule is COc1ccc(Nc2nc(N3CCC(NC(=O)c4ccc(C=N)c(C=N)c4)C3)nc3scnc23)cc1OC. The molecule has 12 heteroatoms. The summed E-state index contributed by atoms with van der Waals surface area (Å²) in [4.78, 5) is 29.6. The van der Waals surface area contributed by atoms with Crippen molar-refractivity contribution in [2.75, 3.05) is 37.5 Å². The molecule has 1 atom stereocenters. The molecule has 1 unspecified atom stereocenters. The number of aromatic nitrogens is 3. The van der Waals surface area contributed by atoms with Crippen LogP contribution >= 0.6 is 11.3 Å². The molecule has 4 aromatic rings. The first-order valence-corrected chi connectivity index (χ1v) is 12.7. The van der Waals surface area contributed by atoms with E-state index in [1.165, 1.54) is 17.6 Å². The maximum atomic E-state index is 12.9. The molecule has 4 N–H and O–H groups in total. The monoisotopic (exact) mass is 530 g/mol. The van der Waals surface area contributed by atoms with Crippen molar-refractivity contribution in [1.29, 1.82) is 10.8 Å². The summed E-state index contributed by atoms with van der Waals surface area (Å²) in [5.41, 5.74) is 4.76. The molecule has 38 heavy (non-hydrogen) atoms. The summed E-state index contributed by atoms with van der Waals surface area (Å²) in [6.45, 7) is 1.24. The molecule has 2 aromatic carbocycles. The summed E-state index contributed by atoms with van der Waals surface area (Å²) in [6, 6.07) is 10.4. The summed E-state index contributed by atoms with van der Waals surface area (Å²) >= 11 is 1.44. The standard InChI is InChI=1S/C26H26N8O3S/c1-36-20-6-5-18(10-21(20)37-2)30-23-22-25(38-14-29-22)33-26(32-23)34-8-7-19(13-34)31-24(35)15-3-4-16(11-27)17(9-15)12-28/h3-6,9-12,14,19,27-28H,7-8,13H2,1-2H3,(H,31,35)(H,30,32,33). The molecule has 5 rings (SSSR count). The number of benzene rings is 2. The topological polar surface area (TPSA) is 149 Å². The Morgan fingerprint density at radius 2 is 1.89 bits per heavy atom. The molecular formula is C26H26N8O3S. The van der Waals surface area contributed by atoms with Gasteiger partial charge in [0.15, 0.2) is 22.1 Å². The van der Waals surface area contributed by atoms with E-state index < -0.39 is 0 Å². The fourth-order valence-electron chi connectivity index (χ4n) is 4.33. The van der Waals surface area contributed by atoms with Crippen molar-refractivity contribution in [3.63, 3.8) is 0 Å². The number of thiazole rings is 1. The van der Waals surface area contributed by atoms with Gasteiger partial charge in [0.25, 0.3) is 5.91 Å². The summed E-state index contributed by atoms with van der Waals surface area (Å²) in [5.74, 6) is 2.15. The van der Waals surface area contributed by atoms with Gasteiger partial charge < -0.3 is 35.8 Å². The quantitative estimate of drug-likeness (QED) is 0.238. The Bertz CT molecular complexity index is 1520. The number of hydrogen-bond acceptors (Lipinski definition) is 11. The lowest BCUT2D eigenvalue weighted by Gasteiger charge is -2.18. The molecule has 0 saturated carbocycles. The van der Waals surface area contributed by atoms with Crippen LogP contribution in [-0.4, -0.2) is 66.6 Å². The number of hydrogen-bond donors (Lipinski definition) is 4. The maximum absolute atomic E-state index is 12.9. The smallest absolute Gasteiger partial charge is 0.251 e. The molecule has 1 aliphatic heterocycles. The predicted molar refractivity (Wildman–Crippen MR) is 148 cm³/mol. The molecular weight excluding hydrogens is 504 g/mol. The zero-order chi connectivity index (χ0) is 26.6. The molecule has 0 spiro atoms. The van der Waals surface area contributed by atoms with Gasteiger partial charge in [-0.3, -0.25) is 4.79 Å². The molecule has 1 fully saturated rings. The fraction of sp³-hybridized carbons (Fsp3) is 0.231. The van der Waals surface area contributed by atoms with Crippen molar-refractivity contribution in [3.05, 3.63) is 58.6 Å². The lowest BCUT2D eigenvalue weighted by atomic mass is 10.0. The Morgan fingerprint density at radius 1 is 1.08 bits per heavy atom. The number of carbonyl (C=O) groups excluding carboxylic acids is 1. The molecule has 1 saturated heterocycles. The van der Waals surface area contributed by atoms with E-state index in [0.717, 1.165) is 23.2 Å². The first-order chi connectivity index (χ1) is 18.5. The molecule has 194 valence electrons. The fourth-order valence-corrected chi connectivity index (χ4v) is 4.98. The van der Waals surface area contributed by atoms with E-state index >= 15 is 0 Å². The molecule has 0 aliphatic carbocycles. The molecule has 2 aromatic heterocycles. The van der Waals surface area contributed by atoms with Crippen molar-refractivity contribution >= 4 is 57.5 Å². The molecule has 0 radical (unpaired) electrons. The van der Waals surface area contributed by atoms with Crippen molar-refractivity contribution < 1.29 is 14.3 Å². The molecule has 11 nitrogen and oxygen atoms in total. The third-order valence-corrected chi connectivity index (χ3v) is 7.02. The second kappa shape index (κ2) is 10.8. The van der Waals surface area contributed by atoms with Gasteiger partial charge in [0.05, 0.1) is 19.7 Å². The van der Waals surface area contributed by atoms with Gasteiger partial charge in [0.1, 0.15) is 5.52 Å². The minimum absolute atomic E-state index is 0.0867. The number of amides is 1. The largest absolute Gasteiger partial charge is 0.493 e. The maximum Gasteiger partial charge on any atom is 0.251 e. The average Bonchev–Trinajstić information content (AvgIpc) is 3.62. The normalized spacial score (nSPS) is 14.8. The summed E-state index contributed by atoms with van der Waals surface area (Å²) in [7, 11) is 3.18. The lowest BCUT2D eigenvalue weighted by Crippen LogP contribution is -2.37. The Labute approximate surface area is 222 Å². The van der Waals surface area contributed by atoms with Crippen LogP contribution in [0.4, 0.5) is 17.5 Å². The van der Waals surface area contributed by atoms with Crippen LogP contribution < -0.4 is 25.0 Å². The van der Waals surface area contributed by atoms with E-state index in [0.29, 0.717) is 58.6 Å². The number of carbonyl (C=O) groups is 1. The predicted octanol–water partition coefficient (Wildman–Crippen LogP) is 3.85. The van der Waals surface area contributed by atoms with E-state index in [9.17, 15) is 4.79 Å². The summed E-state index contributed by atoms with van der Waals surface area (Å²) in [6.07, 6.45) is 3.06. The van der Waals surface area contributed by atoms with Gasteiger partial charge in [-0.25, -0.2) is 4.98 Å². The Kier molecular flexibility index (Phi) is 7.13. The van der Waals surface area contributed by atoms with Crippen molar-refractivity contribution in [2.24, 2.45) is 0 Å². The van der Waals surface area contributed by atoms with Gasteiger partial charge in [-0.05, 0) is 30.7 Å². The number of nitrogens with zero attached hydrogens (tertiary/aromatic N) is 4. The molecule has 1 amide bonds. The van der Waals surface area contributed by atoms with Gasteiger partial charge in [0.2, 0.25) is 5.95 Å². The van der Waals surface area contributed by atoms with Crippen molar-refractivity contribution in [1.82, 2.24) is 20.3 Å². The van der Waals surface area contributed by atoms with Crippen LogP contribution in [0.15, 0.2) is 41.9 Å². The third kappa shape index (κ3) is 4.98.